The van der Waals surface area contributed by atoms with Crippen molar-refractivity contribution in [1.29, 1.82) is 0 Å². The lowest BCUT2D eigenvalue weighted by molar-refractivity contribution is -0.145. The average molecular weight is 280 g/mol. The molecule has 0 spiro atoms. The number of aromatic hydroxyl groups is 1. The Kier molecular flexibility index (Phi) is 5.90. The molecular formula is C15H20O5. The molecule has 0 fully saturated rings. The molecule has 1 rings (SSSR count). The molecule has 0 aliphatic carbocycles. The highest BCUT2D eigenvalue weighted by Gasteiger charge is 2.10. The summed E-state index contributed by atoms with van der Waals surface area (Å²) >= 11 is 0. The van der Waals surface area contributed by atoms with Gasteiger partial charge in [0, 0.05) is 0 Å². The highest BCUT2D eigenvalue weighted by atomic mass is 16.5. The van der Waals surface area contributed by atoms with Crippen molar-refractivity contribution < 1.29 is 24.1 Å². The quantitative estimate of drug-likeness (QED) is 0.811. The molecule has 0 aliphatic heterocycles. The minimum absolute atomic E-state index is 0.0432. The topological polar surface area (TPSA) is 65.0 Å². The summed E-state index contributed by atoms with van der Waals surface area (Å²) in [6.45, 7) is 3.76. The van der Waals surface area contributed by atoms with E-state index in [-0.39, 0.29) is 24.2 Å². The third-order valence-electron chi connectivity index (χ3n) is 2.61. The zero-order valence-electron chi connectivity index (χ0n) is 12.2. The summed E-state index contributed by atoms with van der Waals surface area (Å²) in [5, 5.41) is 9.78. The van der Waals surface area contributed by atoms with Gasteiger partial charge in [0.15, 0.2) is 11.5 Å². The van der Waals surface area contributed by atoms with Crippen LogP contribution < -0.4 is 9.47 Å². The van der Waals surface area contributed by atoms with Crippen LogP contribution in [0.4, 0.5) is 0 Å². The molecule has 0 atom stereocenters. The normalized spacial score (nSPS) is 10.8. The van der Waals surface area contributed by atoms with Crippen LogP contribution in [0.3, 0.4) is 0 Å². The summed E-state index contributed by atoms with van der Waals surface area (Å²) in [5.41, 5.74) is 0.775. The smallest absolute Gasteiger partial charge is 0.308 e. The number of methoxy groups -OCH3 is 2. The fourth-order valence-electron chi connectivity index (χ4n) is 1.49. The number of rotatable bonds is 6. The van der Waals surface area contributed by atoms with Crippen molar-refractivity contribution in [1.82, 2.24) is 0 Å². The second kappa shape index (κ2) is 7.43. The Morgan fingerprint density at radius 2 is 1.80 bits per heavy atom. The van der Waals surface area contributed by atoms with Crippen LogP contribution >= 0.6 is 0 Å². The Morgan fingerprint density at radius 1 is 1.25 bits per heavy atom. The zero-order chi connectivity index (χ0) is 15.1. The van der Waals surface area contributed by atoms with E-state index in [2.05, 4.69) is 0 Å². The van der Waals surface area contributed by atoms with E-state index in [1.807, 2.05) is 0 Å². The van der Waals surface area contributed by atoms with Crippen molar-refractivity contribution in [3.63, 3.8) is 0 Å². The Morgan fingerprint density at radius 3 is 2.25 bits per heavy atom. The molecule has 1 aromatic carbocycles. The van der Waals surface area contributed by atoms with Gasteiger partial charge in [-0.25, -0.2) is 0 Å². The fraction of sp³-hybridized carbons (Fsp3) is 0.400. The first-order valence-electron chi connectivity index (χ1n) is 6.27. The second-order valence-electron chi connectivity index (χ2n) is 4.46. The predicted octanol–water partition coefficient (Wildman–Crippen LogP) is 2.62. The molecule has 1 N–H and O–H groups in total. The van der Waals surface area contributed by atoms with Crippen LogP contribution in [0.25, 0.3) is 6.08 Å². The van der Waals surface area contributed by atoms with E-state index in [1.165, 1.54) is 14.2 Å². The van der Waals surface area contributed by atoms with Crippen molar-refractivity contribution in [2.75, 3.05) is 20.8 Å². The molecule has 0 unspecified atom stereocenters. The number of benzene rings is 1. The first kappa shape index (κ1) is 15.9. The molecule has 0 saturated heterocycles. The van der Waals surface area contributed by atoms with Crippen LogP contribution in [0.1, 0.15) is 19.4 Å². The van der Waals surface area contributed by atoms with Crippen LogP contribution in [0.5, 0.6) is 17.2 Å². The number of phenolic OH excluding ortho intramolecular Hbond substituents is 1. The van der Waals surface area contributed by atoms with Gasteiger partial charge in [-0.05, 0) is 23.8 Å². The highest BCUT2D eigenvalue weighted by molar-refractivity contribution is 5.71. The number of ether oxygens (including phenoxy) is 3. The van der Waals surface area contributed by atoms with Crippen LogP contribution in [-0.2, 0) is 9.53 Å². The molecule has 5 nitrogen and oxygen atoms in total. The van der Waals surface area contributed by atoms with Gasteiger partial charge in [-0.1, -0.05) is 19.9 Å². The number of hydrogen-bond donors (Lipinski definition) is 1. The van der Waals surface area contributed by atoms with Crippen molar-refractivity contribution in [2.24, 2.45) is 5.92 Å². The van der Waals surface area contributed by atoms with Gasteiger partial charge in [0.1, 0.15) is 6.61 Å². The molecule has 1 aromatic rings. The number of carbonyl (C=O) groups excluding carboxylic acids is 1. The number of esters is 1. The molecule has 0 bridgehead atoms. The first-order chi connectivity index (χ1) is 9.49. The SMILES string of the molecule is COc1cc(/C=C/COC(=O)C(C)C)cc(OC)c1O. The molecule has 110 valence electrons. The standard InChI is InChI=1S/C15H20O5/c1-10(2)15(17)20-7-5-6-11-8-12(18-3)14(16)13(9-11)19-4/h5-6,8-10,16H,7H2,1-4H3/b6-5+. The molecule has 0 aliphatic rings. The monoisotopic (exact) mass is 280 g/mol. The summed E-state index contributed by atoms with van der Waals surface area (Å²) in [6.07, 6.45) is 3.48. The highest BCUT2D eigenvalue weighted by Crippen LogP contribution is 2.37. The lowest BCUT2D eigenvalue weighted by Gasteiger charge is -2.09. The van der Waals surface area contributed by atoms with E-state index in [4.69, 9.17) is 14.2 Å². The van der Waals surface area contributed by atoms with E-state index >= 15 is 0 Å². The number of hydrogen-bond acceptors (Lipinski definition) is 5. The van der Waals surface area contributed by atoms with Gasteiger partial charge >= 0.3 is 5.97 Å². The lowest BCUT2D eigenvalue weighted by Crippen LogP contribution is -2.11. The molecular weight excluding hydrogens is 260 g/mol. The van der Waals surface area contributed by atoms with Gasteiger partial charge < -0.3 is 19.3 Å². The Hall–Kier alpha value is -2.17. The van der Waals surface area contributed by atoms with E-state index < -0.39 is 0 Å². The van der Waals surface area contributed by atoms with E-state index in [0.717, 1.165) is 5.56 Å². The maximum atomic E-state index is 11.3. The summed E-state index contributed by atoms with van der Waals surface area (Å²) in [6, 6.07) is 3.33. The lowest BCUT2D eigenvalue weighted by atomic mass is 10.1. The summed E-state index contributed by atoms with van der Waals surface area (Å²) in [4.78, 5) is 11.3. The van der Waals surface area contributed by atoms with Crippen LogP contribution in [0.2, 0.25) is 0 Å². The fourth-order valence-corrected chi connectivity index (χ4v) is 1.49. The molecule has 20 heavy (non-hydrogen) atoms. The molecule has 0 amide bonds. The van der Waals surface area contributed by atoms with E-state index in [1.54, 1.807) is 38.1 Å². The Bertz CT molecular complexity index is 466. The minimum atomic E-state index is -0.240. The predicted molar refractivity (Wildman–Crippen MR) is 76.0 cm³/mol. The maximum Gasteiger partial charge on any atom is 0.308 e. The molecule has 0 radical (unpaired) electrons. The van der Waals surface area contributed by atoms with Crippen molar-refractivity contribution in [3.05, 3.63) is 23.8 Å². The van der Waals surface area contributed by atoms with Gasteiger partial charge in [-0.15, -0.1) is 0 Å². The van der Waals surface area contributed by atoms with E-state index in [9.17, 15) is 9.90 Å². The van der Waals surface area contributed by atoms with Gasteiger partial charge in [0.2, 0.25) is 5.75 Å². The number of carbonyl (C=O) groups is 1. The Balaban J connectivity index is 2.75. The molecule has 0 saturated carbocycles. The summed E-state index contributed by atoms with van der Waals surface area (Å²) < 4.78 is 15.1. The van der Waals surface area contributed by atoms with Gasteiger partial charge in [-0.2, -0.15) is 0 Å². The van der Waals surface area contributed by atoms with E-state index in [0.29, 0.717) is 11.5 Å². The molecule has 0 aromatic heterocycles. The van der Waals surface area contributed by atoms with Gasteiger partial charge in [0.25, 0.3) is 0 Å². The minimum Gasteiger partial charge on any atom is -0.502 e. The van der Waals surface area contributed by atoms with Crippen molar-refractivity contribution in [2.45, 2.75) is 13.8 Å². The molecule has 0 heterocycles. The van der Waals surface area contributed by atoms with Gasteiger partial charge in [0.05, 0.1) is 20.1 Å². The number of phenols is 1. The van der Waals surface area contributed by atoms with Crippen LogP contribution in [-0.4, -0.2) is 31.9 Å². The van der Waals surface area contributed by atoms with Crippen molar-refractivity contribution in [3.8, 4) is 17.2 Å². The summed E-state index contributed by atoms with van der Waals surface area (Å²) in [7, 11) is 2.93. The third kappa shape index (κ3) is 4.19. The van der Waals surface area contributed by atoms with Gasteiger partial charge in [-0.3, -0.25) is 4.79 Å². The third-order valence-corrected chi connectivity index (χ3v) is 2.61. The molecule has 5 heteroatoms. The van der Waals surface area contributed by atoms with Crippen LogP contribution in [0.15, 0.2) is 18.2 Å². The Labute approximate surface area is 118 Å². The second-order valence-corrected chi connectivity index (χ2v) is 4.46. The van der Waals surface area contributed by atoms with Crippen molar-refractivity contribution >= 4 is 12.0 Å². The first-order valence-corrected chi connectivity index (χ1v) is 6.27. The van der Waals surface area contributed by atoms with Crippen LogP contribution in [0, 0.1) is 5.92 Å². The average Bonchev–Trinajstić information content (AvgIpc) is 2.44. The maximum absolute atomic E-state index is 11.3. The largest absolute Gasteiger partial charge is 0.502 e. The summed E-state index contributed by atoms with van der Waals surface area (Å²) in [5.74, 6) is 0.220. The zero-order valence-corrected chi connectivity index (χ0v) is 12.2.